The van der Waals surface area contributed by atoms with E-state index in [1.807, 2.05) is 0 Å². The molecule has 0 aliphatic rings. The first-order valence-electron chi connectivity index (χ1n) is 8.06. The number of anilines is 2. The number of aromatic nitrogens is 4. The van der Waals surface area contributed by atoms with Crippen molar-refractivity contribution in [2.24, 2.45) is 0 Å². The minimum atomic E-state index is -3.60. The van der Waals surface area contributed by atoms with Crippen molar-refractivity contribution < 1.29 is 18.3 Å². The van der Waals surface area contributed by atoms with Gasteiger partial charge in [0.15, 0.2) is 11.3 Å². The van der Waals surface area contributed by atoms with Crippen LogP contribution in [0.5, 0.6) is 0 Å². The predicted molar refractivity (Wildman–Crippen MR) is 101 cm³/mol. The standard InChI is InChI=1S/C17H14N6O4S/c1-18-28(26,27)11-4-2-3-10(7-11)20-16-12-5-6-19-9-14(12)23-15(21-16)8-13(22-23)17(24)25/h2-9,18H,1H3,(H,20,21)(H,24,25). The van der Waals surface area contributed by atoms with Gasteiger partial charge in [-0.1, -0.05) is 6.07 Å². The Balaban J connectivity index is 1.87. The third-order valence-electron chi connectivity index (χ3n) is 4.10. The van der Waals surface area contributed by atoms with Gasteiger partial charge in [-0.2, -0.15) is 5.10 Å². The molecule has 3 N–H and O–H groups in total. The molecule has 0 saturated carbocycles. The van der Waals surface area contributed by atoms with E-state index in [2.05, 4.69) is 25.1 Å². The Morgan fingerprint density at radius 1 is 1.21 bits per heavy atom. The highest BCUT2D eigenvalue weighted by Gasteiger charge is 2.16. The van der Waals surface area contributed by atoms with Crippen LogP contribution in [-0.2, 0) is 10.0 Å². The van der Waals surface area contributed by atoms with Crippen molar-refractivity contribution in [2.45, 2.75) is 4.90 Å². The fraction of sp³-hybridized carbons (Fsp3) is 0.0588. The Morgan fingerprint density at radius 3 is 2.79 bits per heavy atom. The maximum Gasteiger partial charge on any atom is 0.356 e. The highest BCUT2D eigenvalue weighted by molar-refractivity contribution is 7.89. The summed E-state index contributed by atoms with van der Waals surface area (Å²) in [4.78, 5) is 19.9. The van der Waals surface area contributed by atoms with Crippen molar-refractivity contribution >= 4 is 44.0 Å². The fourth-order valence-corrected chi connectivity index (χ4v) is 3.53. The molecule has 0 radical (unpaired) electrons. The molecule has 3 heterocycles. The largest absolute Gasteiger partial charge is 0.476 e. The molecule has 0 saturated heterocycles. The third-order valence-corrected chi connectivity index (χ3v) is 5.51. The van der Waals surface area contributed by atoms with E-state index in [4.69, 9.17) is 0 Å². The number of nitrogens with zero attached hydrogens (tertiary/aromatic N) is 4. The smallest absolute Gasteiger partial charge is 0.356 e. The number of carboxylic acids is 1. The molecule has 142 valence electrons. The normalized spacial score (nSPS) is 11.8. The molecule has 0 atom stereocenters. The highest BCUT2D eigenvalue weighted by atomic mass is 32.2. The summed E-state index contributed by atoms with van der Waals surface area (Å²) in [6, 6.07) is 9.32. The molecule has 0 aliphatic carbocycles. The van der Waals surface area contributed by atoms with Crippen molar-refractivity contribution in [3.05, 3.63) is 54.5 Å². The van der Waals surface area contributed by atoms with Crippen LogP contribution in [0.15, 0.2) is 53.7 Å². The van der Waals surface area contributed by atoms with Gasteiger partial charge in [0.25, 0.3) is 0 Å². The summed E-state index contributed by atoms with van der Waals surface area (Å²) in [5, 5.41) is 17.0. The van der Waals surface area contributed by atoms with E-state index in [-0.39, 0.29) is 10.6 Å². The molecule has 4 rings (SSSR count). The lowest BCUT2D eigenvalue weighted by atomic mass is 10.2. The Hall–Kier alpha value is -3.57. The molecule has 0 bridgehead atoms. The van der Waals surface area contributed by atoms with Gasteiger partial charge in [0.2, 0.25) is 10.0 Å². The van der Waals surface area contributed by atoms with Crippen LogP contribution in [0.25, 0.3) is 16.6 Å². The number of sulfonamides is 1. The number of hydrogen-bond acceptors (Lipinski definition) is 7. The molecule has 11 heteroatoms. The second kappa shape index (κ2) is 6.55. The van der Waals surface area contributed by atoms with E-state index in [1.165, 1.54) is 29.8 Å². The van der Waals surface area contributed by atoms with Gasteiger partial charge in [0.05, 0.1) is 16.6 Å². The average molecular weight is 398 g/mol. The molecule has 4 aromatic rings. The number of nitrogens with one attached hydrogen (secondary N) is 2. The molecule has 0 aliphatic heterocycles. The molecular weight excluding hydrogens is 384 g/mol. The first kappa shape index (κ1) is 17.8. The first-order chi connectivity index (χ1) is 13.4. The number of rotatable bonds is 5. The summed E-state index contributed by atoms with van der Waals surface area (Å²) < 4.78 is 27.7. The third kappa shape index (κ3) is 3.02. The predicted octanol–water partition coefficient (Wildman–Crippen LogP) is 1.63. The lowest BCUT2D eigenvalue weighted by Crippen LogP contribution is -2.18. The number of fused-ring (bicyclic) bond motifs is 3. The van der Waals surface area contributed by atoms with Gasteiger partial charge in [-0.25, -0.2) is 27.4 Å². The van der Waals surface area contributed by atoms with Crippen LogP contribution in [0.4, 0.5) is 11.5 Å². The Kier molecular flexibility index (Phi) is 4.17. The van der Waals surface area contributed by atoms with Gasteiger partial charge in [-0.05, 0) is 31.3 Å². The van der Waals surface area contributed by atoms with Gasteiger partial charge >= 0.3 is 5.97 Å². The Labute approximate surface area is 158 Å². The summed E-state index contributed by atoms with van der Waals surface area (Å²) in [5.74, 6) is -0.747. The van der Waals surface area contributed by atoms with Gasteiger partial charge in [-0.3, -0.25) is 4.98 Å². The molecule has 0 unspecified atom stereocenters. The summed E-state index contributed by atoms with van der Waals surface area (Å²) in [6.07, 6.45) is 3.13. The van der Waals surface area contributed by atoms with Crippen molar-refractivity contribution in [2.75, 3.05) is 12.4 Å². The van der Waals surface area contributed by atoms with Crippen molar-refractivity contribution in [3.8, 4) is 0 Å². The molecule has 10 nitrogen and oxygen atoms in total. The van der Waals surface area contributed by atoms with Crippen LogP contribution >= 0.6 is 0 Å². The quantitative estimate of drug-likeness (QED) is 0.461. The number of carboxylic acid groups (broad SMARTS) is 1. The number of aromatic carboxylic acids is 1. The second-order valence-electron chi connectivity index (χ2n) is 5.82. The molecule has 0 amide bonds. The molecule has 28 heavy (non-hydrogen) atoms. The van der Waals surface area contributed by atoms with Gasteiger partial charge in [0, 0.05) is 23.3 Å². The minimum Gasteiger partial charge on any atom is -0.476 e. The van der Waals surface area contributed by atoms with E-state index < -0.39 is 16.0 Å². The molecular formula is C17H14N6O4S. The van der Waals surface area contributed by atoms with E-state index in [0.717, 1.165) is 0 Å². The van der Waals surface area contributed by atoms with Crippen LogP contribution in [0.3, 0.4) is 0 Å². The zero-order valence-corrected chi connectivity index (χ0v) is 15.3. The molecule has 1 aromatic carbocycles. The van der Waals surface area contributed by atoms with Gasteiger partial charge in [0.1, 0.15) is 5.82 Å². The van der Waals surface area contributed by atoms with Crippen molar-refractivity contribution in [3.63, 3.8) is 0 Å². The van der Waals surface area contributed by atoms with E-state index in [0.29, 0.717) is 28.1 Å². The number of benzene rings is 1. The minimum absolute atomic E-state index is 0.101. The SMILES string of the molecule is CNS(=O)(=O)c1cccc(Nc2nc3cc(C(=O)O)nn3c3cnccc23)c1. The summed E-state index contributed by atoms with van der Waals surface area (Å²) >= 11 is 0. The molecule has 3 aromatic heterocycles. The fourth-order valence-electron chi connectivity index (χ4n) is 2.75. The van der Waals surface area contributed by atoms with E-state index in [1.54, 1.807) is 30.6 Å². The maximum absolute atomic E-state index is 12.0. The second-order valence-corrected chi connectivity index (χ2v) is 7.70. The first-order valence-corrected chi connectivity index (χ1v) is 9.55. The van der Waals surface area contributed by atoms with E-state index >= 15 is 0 Å². The zero-order chi connectivity index (χ0) is 19.9. The number of pyridine rings is 1. The zero-order valence-electron chi connectivity index (χ0n) is 14.5. The number of hydrogen-bond donors (Lipinski definition) is 3. The van der Waals surface area contributed by atoms with Crippen LogP contribution in [0.2, 0.25) is 0 Å². The van der Waals surface area contributed by atoms with Crippen molar-refractivity contribution in [1.82, 2.24) is 24.3 Å². The van der Waals surface area contributed by atoms with E-state index in [9.17, 15) is 18.3 Å². The van der Waals surface area contributed by atoms with Gasteiger partial charge < -0.3 is 10.4 Å². The van der Waals surface area contributed by atoms with Gasteiger partial charge in [-0.15, -0.1) is 0 Å². The summed E-state index contributed by atoms with van der Waals surface area (Å²) in [6.45, 7) is 0. The van der Waals surface area contributed by atoms with Crippen molar-refractivity contribution in [1.29, 1.82) is 0 Å². The van der Waals surface area contributed by atoms with Crippen LogP contribution in [-0.4, -0.2) is 46.1 Å². The summed E-state index contributed by atoms with van der Waals surface area (Å²) in [5.41, 5.74) is 1.24. The highest BCUT2D eigenvalue weighted by Crippen LogP contribution is 2.26. The topological polar surface area (TPSA) is 139 Å². The Morgan fingerprint density at radius 2 is 2.04 bits per heavy atom. The van der Waals surface area contributed by atoms with Crippen LogP contribution < -0.4 is 10.0 Å². The lowest BCUT2D eigenvalue weighted by Gasteiger charge is -2.11. The Bertz CT molecular complexity index is 1330. The monoisotopic (exact) mass is 398 g/mol. The number of carbonyl (C=O) groups is 1. The molecule has 0 fully saturated rings. The van der Waals surface area contributed by atoms with Crippen LogP contribution in [0.1, 0.15) is 10.5 Å². The average Bonchev–Trinajstić information content (AvgIpc) is 3.13. The lowest BCUT2D eigenvalue weighted by molar-refractivity contribution is 0.0690. The van der Waals surface area contributed by atoms with Crippen LogP contribution in [0, 0.1) is 0 Å². The maximum atomic E-state index is 12.0. The summed E-state index contributed by atoms with van der Waals surface area (Å²) in [7, 11) is -2.26. The molecule has 0 spiro atoms.